The molecule has 19 heavy (non-hydrogen) atoms. The van der Waals surface area contributed by atoms with Gasteiger partial charge in [0.1, 0.15) is 0 Å². The Morgan fingerprint density at radius 1 is 0.947 bits per heavy atom. The normalized spacial score (nSPS) is 12.4. The Hall–Kier alpha value is -1.24. The van der Waals surface area contributed by atoms with Gasteiger partial charge >= 0.3 is 0 Å². The van der Waals surface area contributed by atoms with Gasteiger partial charge in [0.05, 0.1) is 5.52 Å². The molecule has 0 aliphatic rings. The monoisotopic (exact) mass is 257 g/mol. The van der Waals surface area contributed by atoms with E-state index in [2.05, 4.69) is 66.1 Å². The smallest absolute Gasteiger partial charge is 0.0517 e. The zero-order valence-corrected chi connectivity index (χ0v) is 13.7. The summed E-state index contributed by atoms with van der Waals surface area (Å²) in [5.41, 5.74) is 8.93. The third kappa shape index (κ3) is 2.31. The summed E-state index contributed by atoms with van der Waals surface area (Å²) in [6.07, 6.45) is 1.13. The van der Waals surface area contributed by atoms with Crippen LogP contribution in [0.4, 0.5) is 0 Å². The molecule has 2 aromatic rings. The van der Waals surface area contributed by atoms with Crippen molar-refractivity contribution >= 4 is 10.9 Å². The van der Waals surface area contributed by atoms with Crippen LogP contribution in [0.5, 0.6) is 0 Å². The lowest BCUT2D eigenvalue weighted by atomic mass is 9.89. The first kappa shape index (κ1) is 14.2. The predicted molar refractivity (Wildman–Crippen MR) is 85.0 cm³/mol. The van der Waals surface area contributed by atoms with Gasteiger partial charge in [0.2, 0.25) is 0 Å². The van der Waals surface area contributed by atoms with Gasteiger partial charge < -0.3 is 4.57 Å². The summed E-state index contributed by atoms with van der Waals surface area (Å²) < 4.78 is 2.42. The van der Waals surface area contributed by atoms with E-state index in [0.29, 0.717) is 5.41 Å². The van der Waals surface area contributed by atoms with Crippen molar-refractivity contribution in [2.45, 2.75) is 54.9 Å². The molecule has 0 unspecified atom stereocenters. The SMILES string of the molecule is Cc1cc(C)c2c(C)c(CC(C)(C)C)n(C)c2c1C. The summed E-state index contributed by atoms with van der Waals surface area (Å²) in [5, 5.41) is 1.46. The Bertz CT molecular complexity index is 636. The number of aryl methyl sites for hydroxylation is 5. The summed E-state index contributed by atoms with van der Waals surface area (Å²) >= 11 is 0. The standard InChI is InChI=1S/C18H27N/c1-11-9-12(2)16-14(4)15(10-18(5,6)7)19(8)17(16)13(11)3/h9H,10H2,1-8H3. The molecule has 1 aromatic carbocycles. The van der Waals surface area contributed by atoms with E-state index in [1.807, 2.05) is 0 Å². The molecule has 0 amide bonds. The van der Waals surface area contributed by atoms with Gasteiger partial charge in [0.25, 0.3) is 0 Å². The van der Waals surface area contributed by atoms with Crippen LogP contribution in [0.1, 0.15) is 48.7 Å². The molecule has 0 saturated heterocycles. The van der Waals surface area contributed by atoms with Crippen LogP contribution in [0.3, 0.4) is 0 Å². The topological polar surface area (TPSA) is 4.93 Å². The first-order valence-electron chi connectivity index (χ1n) is 7.18. The molecule has 2 rings (SSSR count). The van der Waals surface area contributed by atoms with Crippen LogP contribution in [0.25, 0.3) is 10.9 Å². The first-order valence-corrected chi connectivity index (χ1v) is 7.18. The lowest BCUT2D eigenvalue weighted by Gasteiger charge is -2.19. The van der Waals surface area contributed by atoms with Crippen LogP contribution < -0.4 is 0 Å². The molecule has 0 aliphatic carbocycles. The number of rotatable bonds is 1. The summed E-state index contributed by atoms with van der Waals surface area (Å²) in [7, 11) is 2.22. The highest BCUT2D eigenvalue weighted by Gasteiger charge is 2.20. The van der Waals surface area contributed by atoms with Crippen LogP contribution in [0.15, 0.2) is 6.07 Å². The summed E-state index contributed by atoms with van der Waals surface area (Å²) in [6, 6.07) is 2.32. The predicted octanol–water partition coefficient (Wildman–Crippen LogP) is 5.00. The largest absolute Gasteiger partial charge is 0.347 e. The van der Waals surface area contributed by atoms with Gasteiger partial charge in [-0.1, -0.05) is 26.8 Å². The van der Waals surface area contributed by atoms with Crippen molar-refractivity contribution in [2.24, 2.45) is 12.5 Å². The van der Waals surface area contributed by atoms with Gasteiger partial charge in [0, 0.05) is 18.1 Å². The molecular formula is C18H27N. The van der Waals surface area contributed by atoms with Crippen molar-refractivity contribution in [1.82, 2.24) is 4.57 Å². The van der Waals surface area contributed by atoms with E-state index in [9.17, 15) is 0 Å². The van der Waals surface area contributed by atoms with Crippen molar-refractivity contribution in [3.8, 4) is 0 Å². The first-order chi connectivity index (χ1) is 8.63. The fourth-order valence-corrected chi connectivity index (χ4v) is 3.24. The molecule has 0 radical (unpaired) electrons. The summed E-state index contributed by atoms with van der Waals surface area (Å²) in [4.78, 5) is 0. The molecule has 1 heteroatoms. The second kappa shape index (κ2) is 4.40. The minimum Gasteiger partial charge on any atom is -0.347 e. The molecule has 1 nitrogen and oxygen atoms in total. The maximum atomic E-state index is 2.42. The lowest BCUT2D eigenvalue weighted by molar-refractivity contribution is 0.401. The third-order valence-corrected chi connectivity index (χ3v) is 4.26. The zero-order valence-electron chi connectivity index (χ0n) is 13.7. The number of fused-ring (bicyclic) bond motifs is 1. The number of nitrogens with zero attached hydrogens (tertiary/aromatic N) is 1. The highest BCUT2D eigenvalue weighted by molar-refractivity contribution is 5.91. The van der Waals surface area contributed by atoms with E-state index in [0.717, 1.165) is 6.42 Å². The van der Waals surface area contributed by atoms with Crippen molar-refractivity contribution in [3.63, 3.8) is 0 Å². The number of hydrogen-bond acceptors (Lipinski definition) is 0. The van der Waals surface area contributed by atoms with E-state index in [1.165, 1.54) is 38.9 Å². The van der Waals surface area contributed by atoms with Gasteiger partial charge in [-0.25, -0.2) is 0 Å². The Kier molecular flexibility index (Phi) is 3.28. The Morgan fingerprint density at radius 2 is 1.53 bits per heavy atom. The summed E-state index contributed by atoms with van der Waals surface area (Å²) in [6.45, 7) is 15.9. The number of aromatic nitrogens is 1. The Balaban J connectivity index is 2.83. The van der Waals surface area contributed by atoms with Gasteiger partial charge in [-0.15, -0.1) is 0 Å². The van der Waals surface area contributed by atoms with Crippen molar-refractivity contribution in [1.29, 1.82) is 0 Å². The van der Waals surface area contributed by atoms with E-state index < -0.39 is 0 Å². The van der Waals surface area contributed by atoms with Crippen molar-refractivity contribution in [3.05, 3.63) is 34.0 Å². The molecule has 1 heterocycles. The highest BCUT2D eigenvalue weighted by Crippen LogP contribution is 2.34. The molecule has 0 N–H and O–H groups in total. The van der Waals surface area contributed by atoms with Crippen molar-refractivity contribution < 1.29 is 0 Å². The molecule has 1 aromatic heterocycles. The highest BCUT2D eigenvalue weighted by atomic mass is 15.0. The molecule has 0 aliphatic heterocycles. The van der Waals surface area contributed by atoms with E-state index in [1.54, 1.807) is 0 Å². The quantitative estimate of drug-likeness (QED) is 0.677. The Labute approximate surface area is 117 Å². The molecule has 0 spiro atoms. The molecule has 0 bridgehead atoms. The van der Waals surface area contributed by atoms with E-state index in [4.69, 9.17) is 0 Å². The maximum Gasteiger partial charge on any atom is 0.0517 e. The van der Waals surface area contributed by atoms with Crippen molar-refractivity contribution in [2.75, 3.05) is 0 Å². The van der Waals surface area contributed by atoms with E-state index in [-0.39, 0.29) is 0 Å². The van der Waals surface area contributed by atoms with E-state index >= 15 is 0 Å². The second-order valence-electron chi connectivity index (χ2n) is 7.23. The fraction of sp³-hybridized carbons (Fsp3) is 0.556. The van der Waals surface area contributed by atoms with Crippen LogP contribution in [-0.2, 0) is 13.5 Å². The minimum absolute atomic E-state index is 0.323. The number of benzene rings is 1. The third-order valence-electron chi connectivity index (χ3n) is 4.26. The van der Waals surface area contributed by atoms with Crippen LogP contribution in [0.2, 0.25) is 0 Å². The van der Waals surface area contributed by atoms with Crippen LogP contribution >= 0.6 is 0 Å². The average Bonchev–Trinajstić information content (AvgIpc) is 2.49. The van der Waals surface area contributed by atoms with Gasteiger partial charge in [-0.3, -0.25) is 0 Å². The molecule has 104 valence electrons. The Morgan fingerprint density at radius 3 is 2.05 bits per heavy atom. The minimum atomic E-state index is 0.323. The fourth-order valence-electron chi connectivity index (χ4n) is 3.24. The average molecular weight is 257 g/mol. The maximum absolute atomic E-state index is 2.42. The molecular weight excluding hydrogens is 230 g/mol. The van der Waals surface area contributed by atoms with Crippen LogP contribution in [0, 0.1) is 33.1 Å². The molecule has 0 fully saturated rings. The lowest BCUT2D eigenvalue weighted by Crippen LogP contribution is -2.13. The number of hydrogen-bond donors (Lipinski definition) is 0. The second-order valence-corrected chi connectivity index (χ2v) is 7.23. The molecule has 0 atom stereocenters. The molecule has 0 saturated carbocycles. The zero-order chi connectivity index (χ0) is 14.5. The van der Waals surface area contributed by atoms with Gasteiger partial charge in [-0.05, 0) is 61.8 Å². The van der Waals surface area contributed by atoms with Crippen LogP contribution in [-0.4, -0.2) is 4.57 Å². The van der Waals surface area contributed by atoms with Gasteiger partial charge in [0.15, 0.2) is 0 Å². The van der Waals surface area contributed by atoms with Gasteiger partial charge in [-0.2, -0.15) is 0 Å². The summed E-state index contributed by atoms with van der Waals surface area (Å²) in [5.74, 6) is 0.